The fourth-order valence-electron chi connectivity index (χ4n) is 3.43. The number of nitrogens with one attached hydrogen (secondary N) is 1. The number of carbonyl (C=O) groups is 2. The largest absolute Gasteiger partial charge is 0.493 e. The average Bonchev–Trinajstić information content (AvgIpc) is 2.82. The normalized spacial score (nSPS) is 13.6. The molecule has 1 amide bonds. The standard InChI is InChI=1S/C22H27NO4S/c1-4-26-17-12-9-8-10-15(17)20(24)23-21-19(22(25)27-14(2)3)16-11-6-5-7-13-18(16)28-21/h8-10,12,14H,4-7,11,13H2,1-3H3,(H,23,24). The summed E-state index contributed by atoms with van der Waals surface area (Å²) in [6.07, 6.45) is 4.88. The zero-order chi connectivity index (χ0) is 20.1. The first kappa shape index (κ1) is 20.4. The second-order valence-electron chi connectivity index (χ2n) is 7.11. The highest BCUT2D eigenvalue weighted by Gasteiger charge is 2.28. The molecule has 1 aromatic heterocycles. The highest BCUT2D eigenvalue weighted by Crippen LogP contribution is 2.38. The lowest BCUT2D eigenvalue weighted by Crippen LogP contribution is -2.18. The number of thiophene rings is 1. The van der Waals surface area contributed by atoms with Crippen molar-refractivity contribution in [1.82, 2.24) is 0 Å². The number of hydrogen-bond donors (Lipinski definition) is 1. The Morgan fingerprint density at radius 3 is 2.64 bits per heavy atom. The molecule has 0 aliphatic heterocycles. The molecule has 0 spiro atoms. The first-order chi connectivity index (χ1) is 13.5. The number of fused-ring (bicyclic) bond motifs is 1. The molecule has 6 heteroatoms. The summed E-state index contributed by atoms with van der Waals surface area (Å²) in [6.45, 7) is 6.02. The van der Waals surface area contributed by atoms with Crippen LogP contribution in [-0.4, -0.2) is 24.6 Å². The van der Waals surface area contributed by atoms with Crippen molar-refractivity contribution in [2.24, 2.45) is 0 Å². The van der Waals surface area contributed by atoms with Crippen molar-refractivity contribution in [3.63, 3.8) is 0 Å². The molecule has 0 atom stereocenters. The van der Waals surface area contributed by atoms with E-state index in [1.54, 1.807) is 18.2 Å². The van der Waals surface area contributed by atoms with Crippen molar-refractivity contribution in [1.29, 1.82) is 0 Å². The third-order valence-electron chi connectivity index (χ3n) is 4.63. The topological polar surface area (TPSA) is 64.6 Å². The molecule has 0 radical (unpaired) electrons. The Labute approximate surface area is 170 Å². The third-order valence-corrected chi connectivity index (χ3v) is 5.83. The van der Waals surface area contributed by atoms with Gasteiger partial charge in [0.2, 0.25) is 0 Å². The number of para-hydroxylation sites is 1. The van der Waals surface area contributed by atoms with E-state index in [2.05, 4.69) is 5.32 Å². The Bertz CT molecular complexity index is 856. The zero-order valence-corrected chi connectivity index (χ0v) is 17.5. The molecule has 1 heterocycles. The van der Waals surface area contributed by atoms with Crippen molar-refractivity contribution in [2.75, 3.05) is 11.9 Å². The first-order valence-corrected chi connectivity index (χ1v) is 10.7. The van der Waals surface area contributed by atoms with Crippen molar-refractivity contribution in [3.05, 3.63) is 45.8 Å². The predicted octanol–water partition coefficient (Wildman–Crippen LogP) is 5.23. The smallest absolute Gasteiger partial charge is 0.341 e. The van der Waals surface area contributed by atoms with E-state index in [0.717, 1.165) is 37.7 Å². The molecule has 1 N–H and O–H groups in total. The second kappa shape index (κ2) is 9.24. The van der Waals surface area contributed by atoms with E-state index in [1.165, 1.54) is 16.2 Å². The van der Waals surface area contributed by atoms with Crippen LogP contribution in [0.5, 0.6) is 5.75 Å². The summed E-state index contributed by atoms with van der Waals surface area (Å²) in [6, 6.07) is 7.14. The van der Waals surface area contributed by atoms with E-state index in [0.29, 0.717) is 28.5 Å². The lowest BCUT2D eigenvalue weighted by molar-refractivity contribution is 0.0378. The molecule has 0 bridgehead atoms. The number of esters is 1. The molecule has 0 saturated heterocycles. The molecule has 0 fully saturated rings. The van der Waals surface area contributed by atoms with Gasteiger partial charge >= 0.3 is 5.97 Å². The Hall–Kier alpha value is -2.34. The van der Waals surface area contributed by atoms with E-state index in [-0.39, 0.29) is 18.0 Å². The number of ether oxygens (including phenoxy) is 2. The minimum Gasteiger partial charge on any atom is -0.493 e. The SMILES string of the molecule is CCOc1ccccc1C(=O)Nc1sc2c(c1C(=O)OC(C)C)CCCCC2. The summed E-state index contributed by atoms with van der Waals surface area (Å²) >= 11 is 1.50. The number of rotatable bonds is 6. The van der Waals surface area contributed by atoms with E-state index in [4.69, 9.17) is 9.47 Å². The maximum absolute atomic E-state index is 13.0. The van der Waals surface area contributed by atoms with Gasteiger partial charge in [-0.05, 0) is 64.2 Å². The Morgan fingerprint density at radius 1 is 1.14 bits per heavy atom. The molecule has 2 aromatic rings. The molecule has 5 nitrogen and oxygen atoms in total. The quantitative estimate of drug-likeness (QED) is 0.531. The van der Waals surface area contributed by atoms with Crippen LogP contribution in [0.1, 0.15) is 71.2 Å². The van der Waals surface area contributed by atoms with Crippen LogP contribution < -0.4 is 10.1 Å². The van der Waals surface area contributed by atoms with Gasteiger partial charge in [-0.15, -0.1) is 11.3 Å². The van der Waals surface area contributed by atoms with Crippen LogP contribution in [0.15, 0.2) is 24.3 Å². The first-order valence-electron chi connectivity index (χ1n) is 9.90. The van der Waals surface area contributed by atoms with Gasteiger partial charge in [-0.1, -0.05) is 18.6 Å². The van der Waals surface area contributed by atoms with Crippen LogP contribution in [0.4, 0.5) is 5.00 Å². The lowest BCUT2D eigenvalue weighted by atomic mass is 10.1. The van der Waals surface area contributed by atoms with Gasteiger partial charge in [-0.2, -0.15) is 0 Å². The predicted molar refractivity (Wildman–Crippen MR) is 112 cm³/mol. The summed E-state index contributed by atoms with van der Waals surface area (Å²) in [5.41, 5.74) is 2.02. The molecule has 28 heavy (non-hydrogen) atoms. The fourth-order valence-corrected chi connectivity index (χ4v) is 4.70. The summed E-state index contributed by atoms with van der Waals surface area (Å²) in [4.78, 5) is 27.0. The van der Waals surface area contributed by atoms with Crippen LogP contribution in [0.3, 0.4) is 0 Å². The van der Waals surface area contributed by atoms with Crippen molar-refractivity contribution < 1.29 is 19.1 Å². The molecular formula is C22H27NO4S. The Balaban J connectivity index is 1.95. The molecule has 3 rings (SSSR count). The van der Waals surface area contributed by atoms with E-state index in [9.17, 15) is 9.59 Å². The van der Waals surface area contributed by atoms with Crippen LogP contribution in [0, 0.1) is 0 Å². The van der Waals surface area contributed by atoms with Gasteiger partial charge in [0.15, 0.2) is 0 Å². The van der Waals surface area contributed by atoms with Gasteiger partial charge in [-0.3, -0.25) is 4.79 Å². The summed E-state index contributed by atoms with van der Waals surface area (Å²) in [5.74, 6) is -0.103. The van der Waals surface area contributed by atoms with Crippen LogP contribution in [-0.2, 0) is 17.6 Å². The zero-order valence-electron chi connectivity index (χ0n) is 16.7. The fraction of sp³-hybridized carbons (Fsp3) is 0.455. The molecule has 1 aromatic carbocycles. The average molecular weight is 402 g/mol. The maximum Gasteiger partial charge on any atom is 0.341 e. The lowest BCUT2D eigenvalue weighted by Gasteiger charge is -2.13. The van der Waals surface area contributed by atoms with E-state index in [1.807, 2.05) is 26.8 Å². The Kier molecular flexibility index (Phi) is 6.73. The minimum atomic E-state index is -0.359. The number of anilines is 1. The number of aryl methyl sites for hydroxylation is 1. The van der Waals surface area contributed by atoms with Crippen LogP contribution >= 0.6 is 11.3 Å². The molecule has 1 aliphatic carbocycles. The monoisotopic (exact) mass is 401 g/mol. The summed E-state index contributed by atoms with van der Waals surface area (Å²) in [5, 5.41) is 3.53. The Morgan fingerprint density at radius 2 is 1.89 bits per heavy atom. The highest BCUT2D eigenvalue weighted by molar-refractivity contribution is 7.17. The van der Waals surface area contributed by atoms with Gasteiger partial charge in [0, 0.05) is 4.88 Å². The van der Waals surface area contributed by atoms with Crippen molar-refractivity contribution in [2.45, 2.75) is 59.0 Å². The minimum absolute atomic E-state index is 0.212. The van der Waals surface area contributed by atoms with E-state index < -0.39 is 0 Å². The molecule has 150 valence electrons. The van der Waals surface area contributed by atoms with E-state index >= 15 is 0 Å². The maximum atomic E-state index is 13.0. The van der Waals surface area contributed by atoms with Gasteiger partial charge in [0.1, 0.15) is 10.8 Å². The van der Waals surface area contributed by atoms with Gasteiger partial charge < -0.3 is 14.8 Å². The van der Waals surface area contributed by atoms with Gasteiger partial charge in [0.25, 0.3) is 5.91 Å². The van der Waals surface area contributed by atoms with Crippen LogP contribution in [0.25, 0.3) is 0 Å². The molecule has 0 unspecified atom stereocenters. The number of carbonyl (C=O) groups excluding carboxylic acids is 2. The van der Waals surface area contributed by atoms with Gasteiger partial charge in [0.05, 0.1) is 23.8 Å². The number of amides is 1. The highest BCUT2D eigenvalue weighted by atomic mass is 32.1. The van der Waals surface area contributed by atoms with Crippen molar-refractivity contribution in [3.8, 4) is 5.75 Å². The molecular weight excluding hydrogens is 374 g/mol. The second-order valence-corrected chi connectivity index (χ2v) is 8.21. The molecule has 0 saturated carbocycles. The van der Waals surface area contributed by atoms with Crippen molar-refractivity contribution >= 4 is 28.2 Å². The third kappa shape index (κ3) is 4.55. The van der Waals surface area contributed by atoms with Gasteiger partial charge in [-0.25, -0.2) is 4.79 Å². The number of benzene rings is 1. The van der Waals surface area contributed by atoms with Crippen LogP contribution in [0.2, 0.25) is 0 Å². The summed E-state index contributed by atoms with van der Waals surface area (Å²) < 4.78 is 11.1. The molecule has 1 aliphatic rings. The summed E-state index contributed by atoms with van der Waals surface area (Å²) in [7, 11) is 0. The number of hydrogen-bond acceptors (Lipinski definition) is 5.